The fraction of sp³-hybridized carbons (Fsp3) is 0.533. The van der Waals surface area contributed by atoms with Crippen molar-refractivity contribution in [2.75, 3.05) is 31.6 Å². The lowest BCUT2D eigenvalue weighted by Crippen LogP contribution is -2.32. The van der Waals surface area contributed by atoms with Crippen molar-refractivity contribution in [3.63, 3.8) is 0 Å². The molecule has 0 unspecified atom stereocenters. The van der Waals surface area contributed by atoms with E-state index < -0.39 is 5.91 Å². The Hall–Kier alpha value is -1.30. The number of anilines is 1. The second-order valence-corrected chi connectivity index (χ2v) is 5.59. The average Bonchev–Trinajstić information content (AvgIpc) is 2.49. The van der Waals surface area contributed by atoms with Gasteiger partial charge in [-0.3, -0.25) is 4.79 Å². The van der Waals surface area contributed by atoms with E-state index in [1.54, 1.807) is 18.2 Å². The third-order valence-corrected chi connectivity index (χ3v) is 3.76. The van der Waals surface area contributed by atoms with Crippen molar-refractivity contribution >= 4 is 23.2 Å². The first-order chi connectivity index (χ1) is 10.2. The van der Waals surface area contributed by atoms with Gasteiger partial charge in [0.25, 0.3) is 5.91 Å². The van der Waals surface area contributed by atoms with Crippen LogP contribution in [0, 0.1) is 0 Å². The summed E-state index contributed by atoms with van der Waals surface area (Å²) in [5.41, 5.74) is 6.48. The van der Waals surface area contributed by atoms with Gasteiger partial charge in [0.15, 0.2) is 0 Å². The molecule has 116 valence electrons. The number of primary amides is 1. The van der Waals surface area contributed by atoms with Gasteiger partial charge in [0, 0.05) is 23.9 Å². The van der Waals surface area contributed by atoms with Gasteiger partial charge in [0.2, 0.25) is 0 Å². The zero-order valence-corrected chi connectivity index (χ0v) is 12.8. The second kappa shape index (κ2) is 8.22. The number of nitrogens with two attached hydrogens (primary N) is 1. The minimum atomic E-state index is -0.481. The Morgan fingerprint density at radius 3 is 2.90 bits per heavy atom. The van der Waals surface area contributed by atoms with Gasteiger partial charge < -0.3 is 21.1 Å². The first-order valence-corrected chi connectivity index (χ1v) is 7.70. The number of rotatable bonds is 7. The van der Waals surface area contributed by atoms with Gasteiger partial charge in [-0.2, -0.15) is 0 Å². The predicted molar refractivity (Wildman–Crippen MR) is 84.9 cm³/mol. The lowest BCUT2D eigenvalue weighted by Gasteiger charge is -2.23. The fourth-order valence-corrected chi connectivity index (χ4v) is 2.55. The third kappa shape index (κ3) is 5.19. The summed E-state index contributed by atoms with van der Waals surface area (Å²) in [6, 6.07) is 5.09. The zero-order chi connectivity index (χ0) is 15.1. The average molecular weight is 312 g/mol. The maximum atomic E-state index is 11.4. The van der Waals surface area contributed by atoms with E-state index in [1.807, 2.05) is 0 Å². The first kappa shape index (κ1) is 16.1. The highest BCUT2D eigenvalue weighted by molar-refractivity contribution is 6.31. The van der Waals surface area contributed by atoms with E-state index in [-0.39, 0.29) is 0 Å². The zero-order valence-electron chi connectivity index (χ0n) is 12.0. The molecule has 21 heavy (non-hydrogen) atoms. The van der Waals surface area contributed by atoms with E-state index in [0.29, 0.717) is 22.4 Å². The molecule has 1 saturated heterocycles. The number of carbonyl (C=O) groups excluding carboxylic acids is 1. The molecule has 0 atom stereocenters. The molecule has 1 aliphatic heterocycles. The van der Waals surface area contributed by atoms with Crippen LogP contribution in [-0.4, -0.2) is 38.3 Å². The number of ether oxygens (including phenoxy) is 1. The second-order valence-electron chi connectivity index (χ2n) is 5.15. The molecule has 4 N–H and O–H groups in total. The molecule has 0 saturated carbocycles. The largest absolute Gasteiger partial charge is 0.384 e. The maximum absolute atomic E-state index is 11.4. The molecule has 6 heteroatoms. The van der Waals surface area contributed by atoms with Gasteiger partial charge in [0.05, 0.1) is 11.7 Å². The summed E-state index contributed by atoms with van der Waals surface area (Å²) in [5, 5.41) is 7.02. The van der Waals surface area contributed by atoms with Crippen LogP contribution >= 0.6 is 11.6 Å². The number of halogens is 1. The van der Waals surface area contributed by atoms with Gasteiger partial charge in [0.1, 0.15) is 0 Å². The summed E-state index contributed by atoms with van der Waals surface area (Å²) in [4.78, 5) is 11.4. The summed E-state index contributed by atoms with van der Waals surface area (Å²) in [6.07, 6.45) is 3.42. The Labute approximate surface area is 130 Å². The Kier molecular flexibility index (Phi) is 6.29. The molecule has 0 radical (unpaired) electrons. The highest BCUT2D eigenvalue weighted by atomic mass is 35.5. The Bertz CT molecular complexity index is 476. The quantitative estimate of drug-likeness (QED) is 0.673. The van der Waals surface area contributed by atoms with Crippen molar-refractivity contribution in [1.82, 2.24) is 5.32 Å². The Morgan fingerprint density at radius 1 is 1.43 bits per heavy atom. The molecule has 1 aromatic carbocycles. The summed E-state index contributed by atoms with van der Waals surface area (Å²) in [6.45, 7) is 3.52. The molecule has 1 aliphatic rings. The lowest BCUT2D eigenvalue weighted by molar-refractivity contribution is 0.0329. The summed E-state index contributed by atoms with van der Waals surface area (Å²) in [7, 11) is 0. The lowest BCUT2D eigenvalue weighted by atomic mass is 10.1. The first-order valence-electron chi connectivity index (χ1n) is 7.32. The van der Waals surface area contributed by atoms with Crippen LogP contribution in [-0.2, 0) is 4.74 Å². The monoisotopic (exact) mass is 311 g/mol. The number of carbonyl (C=O) groups is 1. The molecular formula is C15H22ClN3O2. The Morgan fingerprint density at radius 2 is 2.19 bits per heavy atom. The van der Waals surface area contributed by atoms with Gasteiger partial charge in [-0.25, -0.2) is 0 Å². The fourth-order valence-electron chi connectivity index (χ4n) is 2.38. The van der Waals surface area contributed by atoms with E-state index in [9.17, 15) is 4.79 Å². The van der Waals surface area contributed by atoms with Crippen LogP contribution in [0.3, 0.4) is 0 Å². The number of benzene rings is 1. The van der Waals surface area contributed by atoms with Crippen LogP contribution < -0.4 is 16.4 Å². The van der Waals surface area contributed by atoms with Crippen LogP contribution in [0.4, 0.5) is 5.69 Å². The summed E-state index contributed by atoms with van der Waals surface area (Å²) in [5.74, 6) is -0.481. The van der Waals surface area contributed by atoms with Crippen LogP contribution in [0.1, 0.15) is 29.6 Å². The van der Waals surface area contributed by atoms with E-state index in [2.05, 4.69) is 10.6 Å². The van der Waals surface area contributed by atoms with Crippen molar-refractivity contribution in [3.05, 3.63) is 28.8 Å². The van der Waals surface area contributed by atoms with Crippen molar-refractivity contribution in [1.29, 1.82) is 0 Å². The molecule has 5 nitrogen and oxygen atoms in total. The van der Waals surface area contributed by atoms with E-state index in [1.165, 1.54) is 0 Å². The summed E-state index contributed by atoms with van der Waals surface area (Å²) < 4.78 is 5.82. The van der Waals surface area contributed by atoms with E-state index in [0.717, 1.165) is 45.5 Å². The maximum Gasteiger partial charge on any atom is 0.250 e. The third-order valence-electron chi connectivity index (χ3n) is 3.52. The van der Waals surface area contributed by atoms with Crippen molar-refractivity contribution in [2.45, 2.75) is 25.4 Å². The van der Waals surface area contributed by atoms with E-state index in [4.69, 9.17) is 22.1 Å². The van der Waals surface area contributed by atoms with Crippen LogP contribution in [0.15, 0.2) is 18.2 Å². The molecule has 0 aromatic heterocycles. The van der Waals surface area contributed by atoms with Crippen molar-refractivity contribution in [2.24, 2.45) is 5.73 Å². The number of nitrogens with one attached hydrogen (secondary N) is 2. The molecule has 1 fully saturated rings. The molecule has 0 spiro atoms. The molecule has 1 aromatic rings. The number of hydrogen-bond acceptors (Lipinski definition) is 4. The topological polar surface area (TPSA) is 76.4 Å². The minimum absolute atomic E-state index is 0.378. The SMILES string of the molecule is NC(=O)c1cc(Cl)ccc1NCCCOC1CCNCC1. The highest BCUT2D eigenvalue weighted by Crippen LogP contribution is 2.20. The molecular weight excluding hydrogens is 290 g/mol. The predicted octanol–water partition coefficient (Wildman–Crippen LogP) is 2.01. The minimum Gasteiger partial charge on any atom is -0.384 e. The van der Waals surface area contributed by atoms with Crippen LogP contribution in [0.5, 0.6) is 0 Å². The molecule has 0 bridgehead atoms. The number of hydrogen-bond donors (Lipinski definition) is 3. The highest BCUT2D eigenvalue weighted by Gasteiger charge is 2.12. The van der Waals surface area contributed by atoms with Crippen molar-refractivity contribution < 1.29 is 9.53 Å². The summed E-state index contributed by atoms with van der Waals surface area (Å²) >= 11 is 5.87. The Balaban J connectivity index is 1.72. The molecule has 1 amide bonds. The van der Waals surface area contributed by atoms with Crippen LogP contribution in [0.25, 0.3) is 0 Å². The van der Waals surface area contributed by atoms with Crippen molar-refractivity contribution in [3.8, 4) is 0 Å². The smallest absolute Gasteiger partial charge is 0.250 e. The number of amides is 1. The van der Waals surface area contributed by atoms with Gasteiger partial charge in [-0.05, 0) is 50.6 Å². The molecule has 0 aliphatic carbocycles. The molecule has 1 heterocycles. The molecule has 2 rings (SSSR count). The van der Waals surface area contributed by atoms with E-state index >= 15 is 0 Å². The van der Waals surface area contributed by atoms with Gasteiger partial charge in [-0.15, -0.1) is 0 Å². The standard InChI is InChI=1S/C15H22ClN3O2/c16-11-2-3-14(13(10-11)15(17)20)19-6-1-9-21-12-4-7-18-8-5-12/h2-3,10,12,18-19H,1,4-9H2,(H2,17,20). The van der Waals surface area contributed by atoms with Gasteiger partial charge >= 0.3 is 0 Å². The van der Waals surface area contributed by atoms with Gasteiger partial charge in [-0.1, -0.05) is 11.6 Å². The van der Waals surface area contributed by atoms with Crippen LogP contribution in [0.2, 0.25) is 5.02 Å². The normalized spacial score (nSPS) is 15.9. The number of piperidine rings is 1.